The summed E-state index contributed by atoms with van der Waals surface area (Å²) in [4.78, 5) is 5.79. The molecule has 19 heavy (non-hydrogen) atoms. The number of benzene rings is 1. The molecule has 0 saturated carbocycles. The van der Waals surface area contributed by atoms with Crippen LogP contribution in [-0.2, 0) is 6.42 Å². The highest BCUT2D eigenvalue weighted by molar-refractivity contribution is 5.85. The van der Waals surface area contributed by atoms with Crippen LogP contribution in [0, 0.1) is 0 Å². The number of aromatic nitrogens is 1. The third-order valence-corrected chi connectivity index (χ3v) is 2.75. The number of rotatable bonds is 4. The van der Waals surface area contributed by atoms with Crippen molar-refractivity contribution >= 4 is 30.5 Å². The second-order valence-corrected chi connectivity index (χ2v) is 4.04. The molecular weight excluding hydrogens is 283 g/mol. The lowest BCUT2D eigenvalue weighted by molar-refractivity contribution is 0.298. The van der Waals surface area contributed by atoms with Gasteiger partial charge in [0.15, 0.2) is 0 Å². The Bertz CT molecular complexity index is 463. The van der Waals surface area contributed by atoms with E-state index in [1.54, 1.807) is 4.90 Å². The van der Waals surface area contributed by atoms with E-state index in [1.165, 1.54) is 11.1 Å². The molecule has 0 bridgehead atoms. The molecule has 2 aromatic rings. The highest BCUT2D eigenvalue weighted by Gasteiger charge is 1.99. The Morgan fingerprint density at radius 1 is 0.947 bits per heavy atom. The maximum atomic E-state index is 9.01. The lowest BCUT2D eigenvalue weighted by Gasteiger charge is -2.15. The fourth-order valence-corrected chi connectivity index (χ4v) is 1.69. The van der Waals surface area contributed by atoms with Crippen LogP contribution in [0.5, 0.6) is 0 Å². The van der Waals surface area contributed by atoms with Gasteiger partial charge >= 0.3 is 0 Å². The molecule has 0 unspecified atom stereocenters. The van der Waals surface area contributed by atoms with E-state index in [1.807, 2.05) is 43.7 Å². The van der Waals surface area contributed by atoms with E-state index in [0.717, 1.165) is 12.1 Å². The first-order valence-corrected chi connectivity index (χ1v) is 5.59. The monoisotopic (exact) mass is 300 g/mol. The van der Waals surface area contributed by atoms with Crippen LogP contribution in [0.2, 0.25) is 0 Å². The van der Waals surface area contributed by atoms with Crippen LogP contribution in [0.1, 0.15) is 11.1 Å². The molecule has 3 nitrogen and oxygen atoms in total. The quantitative estimate of drug-likeness (QED) is 0.882. The zero-order valence-corrected chi connectivity index (χ0v) is 12.3. The first-order valence-electron chi connectivity index (χ1n) is 5.59. The molecule has 2 rings (SSSR count). The van der Waals surface area contributed by atoms with Gasteiger partial charge in [-0.2, -0.15) is 0 Å². The van der Waals surface area contributed by atoms with Crippen LogP contribution in [-0.4, -0.2) is 23.9 Å². The Morgan fingerprint density at radius 2 is 1.47 bits per heavy atom. The summed E-state index contributed by atoms with van der Waals surface area (Å²) in [5.74, 6) is 0. The minimum Gasteiger partial charge on any atom is -0.376 e. The van der Waals surface area contributed by atoms with Gasteiger partial charge in [0.05, 0.1) is 0 Å². The van der Waals surface area contributed by atoms with E-state index in [4.69, 9.17) is 5.11 Å². The van der Waals surface area contributed by atoms with Crippen molar-refractivity contribution in [3.05, 3.63) is 59.9 Å². The number of nitrogens with zero attached hydrogens (tertiary/aromatic N) is 2. The van der Waals surface area contributed by atoms with Crippen LogP contribution in [0.25, 0.3) is 0 Å². The molecule has 104 valence electrons. The molecule has 0 aliphatic heterocycles. The molecule has 0 aliphatic carbocycles. The first kappa shape index (κ1) is 17.7. The van der Waals surface area contributed by atoms with Crippen molar-refractivity contribution in [1.82, 2.24) is 4.98 Å². The summed E-state index contributed by atoms with van der Waals surface area (Å²) in [6.07, 6.45) is 4.53. The van der Waals surface area contributed by atoms with Gasteiger partial charge in [-0.1, -0.05) is 12.1 Å². The maximum absolute atomic E-state index is 9.01. The van der Waals surface area contributed by atoms with Crippen molar-refractivity contribution in [1.29, 1.82) is 0 Å². The predicted octanol–water partition coefficient (Wildman–Crippen LogP) is 2.90. The van der Waals surface area contributed by atoms with Crippen molar-refractivity contribution < 1.29 is 5.11 Å². The molecule has 1 aromatic heterocycles. The largest absolute Gasteiger partial charge is 0.376 e. The summed E-state index contributed by atoms with van der Waals surface area (Å²) in [5.41, 5.74) is 3.53. The van der Waals surface area contributed by atoms with Gasteiger partial charge in [0.1, 0.15) is 6.73 Å². The third-order valence-electron chi connectivity index (χ3n) is 2.75. The van der Waals surface area contributed by atoms with Crippen LogP contribution >= 0.6 is 24.8 Å². The number of anilines is 1. The summed E-state index contributed by atoms with van der Waals surface area (Å²) in [6.45, 7) is 0.0314. The molecule has 0 aliphatic rings. The van der Waals surface area contributed by atoms with Crippen molar-refractivity contribution in [3.63, 3.8) is 0 Å². The van der Waals surface area contributed by atoms with Crippen molar-refractivity contribution in [2.45, 2.75) is 6.42 Å². The molecule has 0 fully saturated rings. The third kappa shape index (κ3) is 5.07. The molecule has 0 atom stereocenters. The number of halogens is 2. The number of hydrogen-bond donors (Lipinski definition) is 1. The van der Waals surface area contributed by atoms with Crippen molar-refractivity contribution in [2.24, 2.45) is 0 Å². The van der Waals surface area contributed by atoms with Crippen molar-refractivity contribution in [2.75, 3.05) is 18.7 Å². The average molecular weight is 301 g/mol. The number of aliphatic hydroxyl groups is 1. The maximum Gasteiger partial charge on any atom is 0.115 e. The van der Waals surface area contributed by atoms with Crippen LogP contribution in [0.3, 0.4) is 0 Å². The Balaban J connectivity index is 0.00000162. The standard InChI is InChI=1S/C14H16N2O.2ClH/c1-16(11-17)14-4-2-12(3-5-14)10-13-6-8-15-9-7-13;;/h2-9,17H,10-11H2,1H3;2*1H. The fraction of sp³-hybridized carbons (Fsp3) is 0.214. The summed E-state index contributed by atoms with van der Waals surface area (Å²) in [6, 6.07) is 12.3. The molecule has 1 aromatic carbocycles. The Hall–Kier alpha value is -1.29. The van der Waals surface area contributed by atoms with Gasteiger partial charge in [-0.15, -0.1) is 24.8 Å². The van der Waals surface area contributed by atoms with Gasteiger partial charge in [-0.05, 0) is 41.8 Å². The number of hydrogen-bond acceptors (Lipinski definition) is 3. The van der Waals surface area contributed by atoms with Gasteiger partial charge in [0.25, 0.3) is 0 Å². The van der Waals surface area contributed by atoms with Crippen molar-refractivity contribution in [3.8, 4) is 0 Å². The van der Waals surface area contributed by atoms with Gasteiger partial charge in [0.2, 0.25) is 0 Å². The molecule has 1 heterocycles. The minimum absolute atomic E-state index is 0. The van der Waals surface area contributed by atoms with Gasteiger partial charge in [0, 0.05) is 25.1 Å². The molecule has 0 saturated heterocycles. The fourth-order valence-electron chi connectivity index (χ4n) is 1.69. The first-order chi connectivity index (χ1) is 8.29. The highest BCUT2D eigenvalue weighted by atomic mass is 35.5. The number of pyridine rings is 1. The second-order valence-electron chi connectivity index (χ2n) is 4.04. The van der Waals surface area contributed by atoms with E-state index in [9.17, 15) is 0 Å². The molecule has 5 heteroatoms. The van der Waals surface area contributed by atoms with Crippen LogP contribution in [0.15, 0.2) is 48.8 Å². The topological polar surface area (TPSA) is 36.4 Å². The Morgan fingerprint density at radius 3 is 2.00 bits per heavy atom. The molecule has 0 amide bonds. The van der Waals surface area contributed by atoms with Crippen LogP contribution in [0.4, 0.5) is 5.69 Å². The SMILES string of the molecule is CN(CO)c1ccc(Cc2ccncc2)cc1.Cl.Cl. The summed E-state index contributed by atoms with van der Waals surface area (Å²) < 4.78 is 0. The van der Waals surface area contributed by atoms with E-state index in [0.29, 0.717) is 0 Å². The molecule has 0 radical (unpaired) electrons. The Labute approximate surface area is 126 Å². The predicted molar refractivity (Wildman–Crippen MR) is 83.5 cm³/mol. The highest BCUT2D eigenvalue weighted by Crippen LogP contribution is 2.15. The smallest absolute Gasteiger partial charge is 0.115 e. The molecule has 0 spiro atoms. The van der Waals surface area contributed by atoms with E-state index < -0.39 is 0 Å². The minimum atomic E-state index is 0. The van der Waals surface area contributed by atoms with E-state index in [2.05, 4.69) is 17.1 Å². The zero-order valence-electron chi connectivity index (χ0n) is 10.7. The lowest BCUT2D eigenvalue weighted by Crippen LogP contribution is -2.17. The average Bonchev–Trinajstić information content (AvgIpc) is 2.40. The molecular formula is C14H18Cl2N2O. The molecule has 1 N–H and O–H groups in total. The normalized spacial score (nSPS) is 9.16. The zero-order chi connectivity index (χ0) is 12.1. The van der Waals surface area contributed by atoms with Crippen LogP contribution < -0.4 is 4.90 Å². The second kappa shape index (κ2) is 8.75. The van der Waals surface area contributed by atoms with E-state index >= 15 is 0 Å². The summed E-state index contributed by atoms with van der Waals surface area (Å²) >= 11 is 0. The van der Waals surface area contributed by atoms with E-state index in [-0.39, 0.29) is 31.5 Å². The lowest BCUT2D eigenvalue weighted by atomic mass is 10.1. The van der Waals surface area contributed by atoms with Gasteiger partial charge in [-0.25, -0.2) is 0 Å². The van der Waals surface area contributed by atoms with Gasteiger partial charge < -0.3 is 10.0 Å². The summed E-state index contributed by atoms with van der Waals surface area (Å²) in [5, 5.41) is 9.01. The Kier molecular flexibility index (Phi) is 8.16. The number of aliphatic hydroxyl groups excluding tert-OH is 1. The summed E-state index contributed by atoms with van der Waals surface area (Å²) in [7, 11) is 1.86. The van der Waals surface area contributed by atoms with Gasteiger partial charge in [-0.3, -0.25) is 4.98 Å².